The van der Waals surface area contributed by atoms with Gasteiger partial charge in [-0.15, -0.1) is 0 Å². The van der Waals surface area contributed by atoms with E-state index in [-0.39, 0.29) is 17.4 Å². The lowest BCUT2D eigenvalue weighted by Crippen LogP contribution is -2.48. The molecular weight excluding hydrogens is 355 g/mol. The molecule has 2 aliphatic rings. The van der Waals surface area contributed by atoms with Crippen molar-refractivity contribution in [1.29, 1.82) is 0 Å². The molecule has 2 heterocycles. The van der Waals surface area contributed by atoms with E-state index in [2.05, 4.69) is 15.4 Å². The molecule has 1 amide bonds. The number of amides is 1. The molecule has 2 saturated heterocycles. The summed E-state index contributed by atoms with van der Waals surface area (Å²) in [6.07, 6.45) is -1.05. The highest BCUT2D eigenvalue weighted by Gasteiger charge is 2.35. The quantitative estimate of drug-likeness (QED) is 0.611. The summed E-state index contributed by atoms with van der Waals surface area (Å²) in [5.74, 6) is -0.927. The number of hydrogen-bond acceptors (Lipinski definition) is 5. The van der Waals surface area contributed by atoms with E-state index in [1.807, 2.05) is 0 Å². The number of nitro groups is 1. The summed E-state index contributed by atoms with van der Waals surface area (Å²) in [5.41, 5.74) is -0.778. The lowest BCUT2D eigenvalue weighted by Gasteiger charge is -2.29. The number of nitrogens with zero attached hydrogens (tertiary/aromatic N) is 1. The number of ether oxygens (including phenoxy) is 1. The number of alkyl halides is 3. The molecule has 1 aromatic rings. The zero-order valence-corrected chi connectivity index (χ0v) is 13.7. The number of benzene rings is 1. The second-order valence-corrected chi connectivity index (χ2v) is 6.62. The highest BCUT2D eigenvalue weighted by atomic mass is 19.4. The predicted molar refractivity (Wildman–Crippen MR) is 85.1 cm³/mol. The van der Waals surface area contributed by atoms with Crippen LogP contribution in [0, 0.1) is 10.1 Å². The first-order valence-corrected chi connectivity index (χ1v) is 8.26. The Hall–Kier alpha value is -2.36. The highest BCUT2D eigenvalue weighted by molar-refractivity contribution is 5.98. The van der Waals surface area contributed by atoms with Crippen LogP contribution in [0.2, 0.25) is 0 Å². The Morgan fingerprint density at radius 2 is 1.96 bits per heavy atom. The zero-order valence-electron chi connectivity index (χ0n) is 13.7. The summed E-state index contributed by atoms with van der Waals surface area (Å²) < 4.78 is 41.4. The second-order valence-electron chi connectivity index (χ2n) is 6.62. The zero-order chi connectivity index (χ0) is 18.9. The molecule has 142 valence electrons. The first-order chi connectivity index (χ1) is 12.2. The average molecular weight is 373 g/mol. The van der Waals surface area contributed by atoms with E-state index in [4.69, 9.17) is 0 Å². The minimum Gasteiger partial charge on any atom is -0.484 e. The minimum atomic E-state index is -4.54. The van der Waals surface area contributed by atoms with Crippen LogP contribution < -0.4 is 15.4 Å². The maximum atomic E-state index is 12.5. The molecule has 1 aromatic carbocycles. The average Bonchev–Trinajstić information content (AvgIpc) is 2.90. The van der Waals surface area contributed by atoms with Gasteiger partial charge in [-0.25, -0.2) is 0 Å². The van der Waals surface area contributed by atoms with Gasteiger partial charge in [0.25, 0.3) is 11.6 Å². The molecule has 10 heteroatoms. The molecule has 2 fully saturated rings. The van der Waals surface area contributed by atoms with Crippen LogP contribution in [0.15, 0.2) is 18.2 Å². The van der Waals surface area contributed by atoms with Gasteiger partial charge >= 0.3 is 6.18 Å². The molecule has 26 heavy (non-hydrogen) atoms. The van der Waals surface area contributed by atoms with Gasteiger partial charge in [-0.05, 0) is 37.8 Å². The highest BCUT2D eigenvalue weighted by Crippen LogP contribution is 2.29. The number of nitrogens with one attached hydrogen (secondary N) is 2. The summed E-state index contributed by atoms with van der Waals surface area (Å²) in [7, 11) is 0. The van der Waals surface area contributed by atoms with Gasteiger partial charge in [0.05, 0.1) is 4.92 Å². The van der Waals surface area contributed by atoms with E-state index in [9.17, 15) is 28.1 Å². The van der Waals surface area contributed by atoms with E-state index in [1.54, 1.807) is 0 Å². The molecule has 2 bridgehead atoms. The summed E-state index contributed by atoms with van der Waals surface area (Å²) in [6, 6.07) is 3.51. The van der Waals surface area contributed by atoms with E-state index in [1.165, 1.54) is 0 Å². The third kappa shape index (κ3) is 4.43. The van der Waals surface area contributed by atoms with Gasteiger partial charge in [0.15, 0.2) is 6.61 Å². The van der Waals surface area contributed by atoms with Crippen molar-refractivity contribution in [3.8, 4) is 5.75 Å². The largest absolute Gasteiger partial charge is 0.484 e. The Kier molecular flexibility index (Phi) is 5.03. The van der Waals surface area contributed by atoms with Crippen molar-refractivity contribution in [3.63, 3.8) is 0 Å². The van der Waals surface area contributed by atoms with Crippen molar-refractivity contribution >= 4 is 11.6 Å². The van der Waals surface area contributed by atoms with E-state index >= 15 is 0 Å². The van der Waals surface area contributed by atoms with Crippen LogP contribution in [0.1, 0.15) is 36.0 Å². The number of carbonyl (C=O) groups is 1. The monoisotopic (exact) mass is 373 g/mol. The molecule has 2 N–H and O–H groups in total. The Labute approximate surface area is 147 Å². The van der Waals surface area contributed by atoms with Gasteiger partial charge < -0.3 is 15.4 Å². The standard InChI is InChI=1S/C16H18F3N3O4/c17-16(18,19)8-26-12-3-4-14(22(24)25)13(7-12)15(23)21-11-5-9-1-2-10(6-11)20-9/h3-4,7,9-11,20H,1-2,5-6,8H2,(H,21,23). The molecule has 0 saturated carbocycles. The fourth-order valence-electron chi connectivity index (χ4n) is 3.55. The van der Waals surface area contributed by atoms with Gasteiger partial charge in [-0.3, -0.25) is 14.9 Å². The van der Waals surface area contributed by atoms with Gasteiger partial charge in [-0.1, -0.05) is 0 Å². The Bertz CT molecular complexity index is 698. The fourth-order valence-corrected chi connectivity index (χ4v) is 3.55. The molecule has 2 aliphatic heterocycles. The van der Waals surface area contributed by atoms with Crippen LogP contribution in [0.25, 0.3) is 0 Å². The molecule has 3 rings (SSSR count). The molecule has 0 spiro atoms. The molecule has 2 atom stereocenters. The Morgan fingerprint density at radius 1 is 1.31 bits per heavy atom. The van der Waals surface area contributed by atoms with E-state index in [0.717, 1.165) is 43.9 Å². The maximum absolute atomic E-state index is 12.5. The van der Waals surface area contributed by atoms with Crippen molar-refractivity contribution in [2.75, 3.05) is 6.61 Å². The lowest BCUT2D eigenvalue weighted by atomic mass is 9.99. The lowest BCUT2D eigenvalue weighted by molar-refractivity contribution is -0.385. The molecule has 7 nitrogen and oxygen atoms in total. The third-order valence-electron chi connectivity index (χ3n) is 4.62. The predicted octanol–water partition coefficient (Wildman–Crippen LogP) is 2.55. The Morgan fingerprint density at radius 3 is 2.54 bits per heavy atom. The number of piperidine rings is 1. The van der Waals surface area contributed by atoms with Crippen molar-refractivity contribution < 1.29 is 27.6 Å². The topological polar surface area (TPSA) is 93.5 Å². The molecular formula is C16H18F3N3O4. The molecule has 0 radical (unpaired) electrons. The minimum absolute atomic E-state index is 0.124. The van der Waals surface area contributed by atoms with Crippen molar-refractivity contribution in [3.05, 3.63) is 33.9 Å². The van der Waals surface area contributed by atoms with Gasteiger partial charge in [0.2, 0.25) is 0 Å². The van der Waals surface area contributed by atoms with Crippen LogP contribution in [0.5, 0.6) is 5.75 Å². The number of rotatable bonds is 5. The van der Waals surface area contributed by atoms with Crippen LogP contribution in [0.4, 0.5) is 18.9 Å². The molecule has 0 aliphatic carbocycles. The van der Waals surface area contributed by atoms with Crippen LogP contribution in [-0.2, 0) is 0 Å². The van der Waals surface area contributed by atoms with Gasteiger partial charge in [0, 0.05) is 24.2 Å². The summed E-state index contributed by atoms with van der Waals surface area (Å²) in [4.78, 5) is 22.9. The van der Waals surface area contributed by atoms with E-state index in [0.29, 0.717) is 12.1 Å². The van der Waals surface area contributed by atoms with Crippen LogP contribution >= 0.6 is 0 Å². The number of nitro benzene ring substituents is 1. The third-order valence-corrected chi connectivity index (χ3v) is 4.62. The van der Waals surface area contributed by atoms with Crippen LogP contribution in [-0.4, -0.2) is 41.7 Å². The summed E-state index contributed by atoms with van der Waals surface area (Å²) in [6.45, 7) is -1.54. The van der Waals surface area contributed by atoms with Crippen molar-refractivity contribution in [1.82, 2.24) is 10.6 Å². The first kappa shape index (κ1) is 18.4. The Balaban J connectivity index is 1.75. The number of halogens is 3. The summed E-state index contributed by atoms with van der Waals surface area (Å²) in [5, 5.41) is 17.3. The van der Waals surface area contributed by atoms with Crippen molar-refractivity contribution in [2.45, 2.75) is 50.0 Å². The number of carbonyl (C=O) groups excluding carboxylic acids is 1. The normalized spacial score (nSPS) is 25.0. The number of hydrogen-bond donors (Lipinski definition) is 2. The SMILES string of the molecule is O=C(NC1CC2CCC(C1)N2)c1cc(OCC(F)(F)F)ccc1[N+](=O)[O-]. The van der Waals surface area contributed by atoms with Gasteiger partial charge in [0.1, 0.15) is 11.3 Å². The maximum Gasteiger partial charge on any atom is 0.422 e. The van der Waals surface area contributed by atoms with Crippen LogP contribution in [0.3, 0.4) is 0 Å². The van der Waals surface area contributed by atoms with Crippen molar-refractivity contribution in [2.24, 2.45) is 0 Å². The molecule has 0 aromatic heterocycles. The van der Waals surface area contributed by atoms with Gasteiger partial charge in [-0.2, -0.15) is 13.2 Å². The van der Waals surface area contributed by atoms with E-state index < -0.39 is 29.3 Å². The molecule has 2 unspecified atom stereocenters. The number of fused-ring (bicyclic) bond motifs is 2. The smallest absolute Gasteiger partial charge is 0.422 e. The second kappa shape index (κ2) is 7.10. The first-order valence-electron chi connectivity index (χ1n) is 8.26. The summed E-state index contributed by atoms with van der Waals surface area (Å²) >= 11 is 0. The fraction of sp³-hybridized carbons (Fsp3) is 0.562.